The molecular formula is C56H32N4O3. The summed E-state index contributed by atoms with van der Waals surface area (Å²) in [5.41, 5.74) is 13.8. The van der Waals surface area contributed by atoms with Crippen LogP contribution in [-0.4, -0.2) is 19.9 Å². The zero-order chi connectivity index (χ0) is 41.4. The van der Waals surface area contributed by atoms with Crippen LogP contribution in [0.3, 0.4) is 0 Å². The quantitative estimate of drug-likeness (QED) is 0.165. The highest BCUT2D eigenvalue weighted by molar-refractivity contribution is 6.20. The van der Waals surface area contributed by atoms with Crippen LogP contribution in [-0.2, 0) is 0 Å². The van der Waals surface area contributed by atoms with Crippen LogP contribution in [0.2, 0.25) is 0 Å². The number of hydrogen-bond donors (Lipinski definition) is 0. The number of fused-ring (bicyclic) bond motifs is 9. The van der Waals surface area contributed by atoms with Crippen LogP contribution in [0, 0.1) is 0 Å². The molecule has 0 aliphatic heterocycles. The molecule has 0 unspecified atom stereocenters. The van der Waals surface area contributed by atoms with Crippen molar-refractivity contribution in [2.24, 2.45) is 0 Å². The Bertz CT molecular complexity index is 3920. The number of nitrogens with zero attached hydrogens (tertiary/aromatic N) is 4. The summed E-state index contributed by atoms with van der Waals surface area (Å²) < 4.78 is 19.3. The van der Waals surface area contributed by atoms with E-state index in [0.29, 0.717) is 17.5 Å². The van der Waals surface area contributed by atoms with E-state index in [0.717, 1.165) is 116 Å². The van der Waals surface area contributed by atoms with Crippen LogP contribution >= 0.6 is 0 Å². The first-order valence-corrected chi connectivity index (χ1v) is 20.8. The Hall–Kier alpha value is -8.68. The van der Waals surface area contributed by atoms with Gasteiger partial charge in [-0.25, -0.2) is 15.0 Å². The lowest BCUT2D eigenvalue weighted by molar-refractivity contribution is 0.668. The summed E-state index contributed by atoms with van der Waals surface area (Å²) in [6.45, 7) is 0. The second kappa shape index (κ2) is 13.9. The second-order valence-electron chi connectivity index (χ2n) is 15.8. The van der Waals surface area contributed by atoms with Crippen molar-refractivity contribution < 1.29 is 13.3 Å². The van der Waals surface area contributed by atoms with Crippen molar-refractivity contribution in [1.29, 1.82) is 0 Å². The second-order valence-corrected chi connectivity index (χ2v) is 15.8. The topological polar surface area (TPSA) is 91.0 Å². The number of rotatable bonds is 6. The lowest BCUT2D eigenvalue weighted by atomic mass is 9.92. The third-order valence-corrected chi connectivity index (χ3v) is 12.1. The fourth-order valence-electron chi connectivity index (χ4n) is 9.08. The van der Waals surface area contributed by atoms with Crippen LogP contribution in [0.1, 0.15) is 0 Å². The summed E-state index contributed by atoms with van der Waals surface area (Å²) in [7, 11) is 0. The molecule has 0 saturated carbocycles. The van der Waals surface area contributed by atoms with Gasteiger partial charge in [0.25, 0.3) is 0 Å². The van der Waals surface area contributed by atoms with Crippen LogP contribution in [0.15, 0.2) is 208 Å². The van der Waals surface area contributed by atoms with E-state index in [1.54, 1.807) is 6.20 Å². The Morgan fingerprint density at radius 3 is 1.63 bits per heavy atom. The first-order chi connectivity index (χ1) is 31.2. The summed E-state index contributed by atoms with van der Waals surface area (Å²) in [5.74, 6) is 1.68. The van der Waals surface area contributed by atoms with Gasteiger partial charge in [0.1, 0.15) is 33.5 Å². The van der Waals surface area contributed by atoms with Gasteiger partial charge in [0.15, 0.2) is 17.5 Å². The number of furan rings is 3. The first kappa shape index (κ1) is 35.1. The van der Waals surface area contributed by atoms with Gasteiger partial charge in [0.2, 0.25) is 0 Å². The summed E-state index contributed by atoms with van der Waals surface area (Å²) in [6.07, 6.45) is 3.64. The van der Waals surface area contributed by atoms with Crippen molar-refractivity contribution in [3.63, 3.8) is 0 Å². The van der Waals surface area contributed by atoms with Crippen molar-refractivity contribution in [1.82, 2.24) is 19.9 Å². The summed E-state index contributed by atoms with van der Waals surface area (Å²) in [5, 5.41) is 6.38. The van der Waals surface area contributed by atoms with Gasteiger partial charge in [-0.15, -0.1) is 0 Å². The Kier molecular flexibility index (Phi) is 7.77. The molecule has 5 aromatic heterocycles. The highest BCUT2D eigenvalue weighted by Crippen LogP contribution is 2.45. The molecule has 63 heavy (non-hydrogen) atoms. The highest BCUT2D eigenvalue weighted by Gasteiger charge is 2.21. The van der Waals surface area contributed by atoms with E-state index in [-0.39, 0.29) is 0 Å². The molecule has 0 N–H and O–H groups in total. The molecule has 7 nitrogen and oxygen atoms in total. The number of pyridine rings is 1. The molecule has 0 atom stereocenters. The Labute approximate surface area is 359 Å². The maximum atomic E-state index is 6.75. The van der Waals surface area contributed by atoms with Gasteiger partial charge in [-0.3, -0.25) is 4.98 Å². The average Bonchev–Trinajstić information content (AvgIpc) is 4.06. The lowest BCUT2D eigenvalue weighted by Crippen LogP contribution is -2.00. The standard InChI is InChI=1S/C56H32N4O3/c1-4-17-46-40(13-1)41-26-25-37(31-50(41)62-46)56-59-54(58-55(60-56)36-11-7-10-35(30-36)38-12-9-29-57-32-38)34-23-21-33(22-24-34)39-27-28-43(53-52(39)45-15-3-6-19-48(45)63-53)42-16-8-20-49-51(42)44-14-2-5-18-47(44)61-49/h1-32H. The van der Waals surface area contributed by atoms with Crippen molar-refractivity contribution in [2.45, 2.75) is 0 Å². The minimum Gasteiger partial charge on any atom is -0.456 e. The van der Waals surface area contributed by atoms with E-state index in [2.05, 4.69) is 108 Å². The van der Waals surface area contributed by atoms with Gasteiger partial charge in [0, 0.05) is 72.5 Å². The average molecular weight is 809 g/mol. The molecule has 7 heteroatoms. The van der Waals surface area contributed by atoms with Gasteiger partial charge in [-0.05, 0) is 76.9 Å². The third-order valence-electron chi connectivity index (χ3n) is 12.1. The normalized spacial score (nSPS) is 11.8. The Balaban J connectivity index is 0.950. The number of benzene rings is 8. The maximum absolute atomic E-state index is 6.75. The molecule has 0 fully saturated rings. The highest BCUT2D eigenvalue weighted by atomic mass is 16.3. The minimum absolute atomic E-state index is 0.552. The Morgan fingerprint density at radius 1 is 0.302 bits per heavy atom. The van der Waals surface area contributed by atoms with Gasteiger partial charge in [-0.1, -0.05) is 127 Å². The molecule has 0 saturated heterocycles. The minimum atomic E-state index is 0.552. The summed E-state index contributed by atoms with van der Waals surface area (Å²) in [4.78, 5) is 19.7. The van der Waals surface area contributed by atoms with Gasteiger partial charge >= 0.3 is 0 Å². The van der Waals surface area contributed by atoms with Crippen LogP contribution in [0.4, 0.5) is 0 Å². The molecule has 5 heterocycles. The van der Waals surface area contributed by atoms with Crippen LogP contribution in [0.5, 0.6) is 0 Å². The van der Waals surface area contributed by atoms with E-state index in [9.17, 15) is 0 Å². The fraction of sp³-hybridized carbons (Fsp3) is 0. The predicted molar refractivity (Wildman–Crippen MR) is 252 cm³/mol. The number of para-hydroxylation sites is 3. The zero-order valence-corrected chi connectivity index (χ0v) is 33.5. The summed E-state index contributed by atoms with van der Waals surface area (Å²) in [6, 6.07) is 62.0. The largest absolute Gasteiger partial charge is 0.456 e. The van der Waals surface area contributed by atoms with Gasteiger partial charge < -0.3 is 13.3 Å². The van der Waals surface area contributed by atoms with Gasteiger partial charge in [-0.2, -0.15) is 0 Å². The molecule has 13 aromatic rings. The van der Waals surface area contributed by atoms with E-state index < -0.39 is 0 Å². The maximum Gasteiger partial charge on any atom is 0.164 e. The Morgan fingerprint density at radius 2 is 0.857 bits per heavy atom. The first-order valence-electron chi connectivity index (χ1n) is 20.8. The third kappa shape index (κ3) is 5.75. The molecule has 0 radical (unpaired) electrons. The summed E-state index contributed by atoms with van der Waals surface area (Å²) >= 11 is 0. The van der Waals surface area contributed by atoms with Gasteiger partial charge in [0.05, 0.1) is 0 Å². The molecule has 0 spiro atoms. The molecule has 0 aliphatic carbocycles. The van der Waals surface area contributed by atoms with Crippen molar-refractivity contribution in [2.75, 3.05) is 0 Å². The van der Waals surface area contributed by atoms with E-state index in [4.69, 9.17) is 28.2 Å². The fourth-order valence-corrected chi connectivity index (χ4v) is 9.08. The smallest absolute Gasteiger partial charge is 0.164 e. The molecule has 0 bridgehead atoms. The molecule has 0 aliphatic rings. The van der Waals surface area contributed by atoms with Crippen LogP contribution < -0.4 is 0 Å². The number of hydrogen-bond acceptors (Lipinski definition) is 7. The SMILES string of the molecule is c1cncc(-c2cccc(-c3nc(-c4ccc(-c5ccc(-c6cccc7oc8ccccc8c67)c6oc7ccccc7c56)cc4)nc(-c4ccc5c(c4)oc4ccccc45)n3)c2)c1. The monoisotopic (exact) mass is 808 g/mol. The van der Waals surface area contributed by atoms with Crippen molar-refractivity contribution >= 4 is 65.8 Å². The number of aromatic nitrogens is 4. The lowest BCUT2D eigenvalue weighted by Gasteiger charge is -2.11. The molecule has 294 valence electrons. The van der Waals surface area contributed by atoms with Crippen LogP contribution in [0.25, 0.3) is 133 Å². The predicted octanol–water partition coefficient (Wildman–Crippen LogP) is 15.0. The molecule has 13 rings (SSSR count). The van der Waals surface area contributed by atoms with Crippen molar-refractivity contribution in [3.8, 4) is 67.5 Å². The van der Waals surface area contributed by atoms with E-state index in [1.165, 1.54) is 0 Å². The zero-order valence-electron chi connectivity index (χ0n) is 33.5. The molecule has 0 amide bonds. The van der Waals surface area contributed by atoms with E-state index >= 15 is 0 Å². The molecular weight excluding hydrogens is 777 g/mol. The molecule has 8 aromatic carbocycles. The van der Waals surface area contributed by atoms with E-state index in [1.807, 2.05) is 85.1 Å². The van der Waals surface area contributed by atoms with Crippen molar-refractivity contribution in [3.05, 3.63) is 194 Å².